The van der Waals surface area contributed by atoms with E-state index in [1.807, 2.05) is 13.8 Å². The molecule has 1 fully saturated rings. The molecular formula is C17H22N2O4. The Bertz CT molecular complexity index is 581. The third kappa shape index (κ3) is 5.09. The van der Waals surface area contributed by atoms with Crippen LogP contribution in [0.2, 0.25) is 0 Å². The Kier molecular flexibility index (Phi) is 5.73. The zero-order valence-electron chi connectivity index (χ0n) is 13.4. The van der Waals surface area contributed by atoms with Crippen molar-refractivity contribution in [3.8, 4) is 0 Å². The summed E-state index contributed by atoms with van der Waals surface area (Å²) < 4.78 is 5.22. The van der Waals surface area contributed by atoms with Crippen LogP contribution in [-0.4, -0.2) is 29.9 Å². The quantitative estimate of drug-likeness (QED) is 0.815. The number of esters is 1. The summed E-state index contributed by atoms with van der Waals surface area (Å²) in [6.45, 7) is 4.14. The SMILES string of the molecule is CC(C)NC(=O)NCc1ccc(C(=O)O[C@@H]2CCCC2=O)cc1. The molecule has 1 aliphatic carbocycles. The molecule has 0 heterocycles. The third-order valence-electron chi connectivity index (χ3n) is 3.56. The first-order valence-electron chi connectivity index (χ1n) is 7.82. The summed E-state index contributed by atoms with van der Waals surface area (Å²) in [5.41, 5.74) is 1.28. The Hall–Kier alpha value is -2.37. The van der Waals surface area contributed by atoms with Gasteiger partial charge in [0.2, 0.25) is 0 Å². The van der Waals surface area contributed by atoms with E-state index in [1.54, 1.807) is 24.3 Å². The van der Waals surface area contributed by atoms with Crippen molar-refractivity contribution in [2.45, 2.75) is 51.8 Å². The first-order chi connectivity index (χ1) is 11.0. The van der Waals surface area contributed by atoms with Crippen molar-refractivity contribution in [1.29, 1.82) is 0 Å². The van der Waals surface area contributed by atoms with Crippen LogP contribution in [0.15, 0.2) is 24.3 Å². The molecule has 1 aromatic carbocycles. The number of carbonyl (C=O) groups is 3. The highest BCUT2D eigenvalue weighted by Gasteiger charge is 2.28. The number of Topliss-reactive ketones (excluding diaryl/α,β-unsaturated/α-hetero) is 1. The largest absolute Gasteiger partial charge is 0.451 e. The molecule has 0 saturated heterocycles. The van der Waals surface area contributed by atoms with E-state index in [0.717, 1.165) is 12.0 Å². The van der Waals surface area contributed by atoms with E-state index in [2.05, 4.69) is 10.6 Å². The fourth-order valence-corrected chi connectivity index (χ4v) is 2.36. The summed E-state index contributed by atoms with van der Waals surface area (Å²) in [6.07, 6.45) is 1.28. The lowest BCUT2D eigenvalue weighted by molar-refractivity contribution is -0.124. The van der Waals surface area contributed by atoms with Gasteiger partial charge in [-0.05, 0) is 44.4 Å². The van der Waals surface area contributed by atoms with Crippen LogP contribution in [0, 0.1) is 0 Å². The summed E-state index contributed by atoms with van der Waals surface area (Å²) in [7, 11) is 0. The molecule has 1 atom stereocenters. The smallest absolute Gasteiger partial charge is 0.338 e. The Morgan fingerprint density at radius 2 is 1.96 bits per heavy atom. The number of urea groups is 1. The fraction of sp³-hybridized carbons (Fsp3) is 0.471. The van der Waals surface area contributed by atoms with Gasteiger partial charge in [0.1, 0.15) is 0 Å². The van der Waals surface area contributed by atoms with Crippen LogP contribution in [-0.2, 0) is 16.1 Å². The Labute approximate surface area is 135 Å². The fourth-order valence-electron chi connectivity index (χ4n) is 2.36. The number of hydrogen-bond acceptors (Lipinski definition) is 4. The number of rotatable bonds is 5. The number of benzene rings is 1. The second-order valence-corrected chi connectivity index (χ2v) is 5.93. The van der Waals surface area contributed by atoms with Gasteiger partial charge in [-0.1, -0.05) is 12.1 Å². The minimum atomic E-state index is -0.594. The predicted octanol–water partition coefficient (Wildman–Crippen LogP) is 2.17. The van der Waals surface area contributed by atoms with Gasteiger partial charge in [0.05, 0.1) is 5.56 Å². The van der Waals surface area contributed by atoms with Crippen molar-refractivity contribution in [2.24, 2.45) is 0 Å². The topological polar surface area (TPSA) is 84.5 Å². The predicted molar refractivity (Wildman–Crippen MR) is 85.0 cm³/mol. The summed E-state index contributed by atoms with van der Waals surface area (Å²) >= 11 is 0. The van der Waals surface area contributed by atoms with Gasteiger partial charge in [0, 0.05) is 19.0 Å². The van der Waals surface area contributed by atoms with Crippen LogP contribution in [0.25, 0.3) is 0 Å². The maximum Gasteiger partial charge on any atom is 0.338 e. The second-order valence-electron chi connectivity index (χ2n) is 5.93. The van der Waals surface area contributed by atoms with Gasteiger partial charge in [0.25, 0.3) is 0 Å². The van der Waals surface area contributed by atoms with E-state index in [1.165, 1.54) is 0 Å². The summed E-state index contributed by atoms with van der Waals surface area (Å²) in [4.78, 5) is 35.0. The Balaban J connectivity index is 1.85. The molecule has 0 radical (unpaired) electrons. The molecule has 124 valence electrons. The zero-order valence-corrected chi connectivity index (χ0v) is 13.4. The monoisotopic (exact) mass is 318 g/mol. The van der Waals surface area contributed by atoms with Gasteiger partial charge in [-0.3, -0.25) is 4.79 Å². The maximum absolute atomic E-state index is 12.0. The standard InChI is InChI=1S/C17H22N2O4/c1-11(2)19-17(22)18-10-12-6-8-13(9-7-12)16(21)23-15-5-3-4-14(15)20/h6-9,11,15H,3-5,10H2,1-2H3,(H2,18,19,22)/t15-/m1/s1. The van der Waals surface area contributed by atoms with Crippen molar-refractivity contribution < 1.29 is 19.1 Å². The first-order valence-corrected chi connectivity index (χ1v) is 7.82. The molecule has 0 spiro atoms. The molecule has 6 heteroatoms. The van der Waals surface area contributed by atoms with Gasteiger partial charge in [0.15, 0.2) is 11.9 Å². The van der Waals surface area contributed by atoms with Crippen molar-refractivity contribution >= 4 is 17.8 Å². The van der Waals surface area contributed by atoms with Gasteiger partial charge in [-0.25, -0.2) is 9.59 Å². The molecule has 1 aliphatic rings. The van der Waals surface area contributed by atoms with E-state index in [4.69, 9.17) is 4.74 Å². The first kappa shape index (κ1) is 17.0. The van der Waals surface area contributed by atoms with Crippen molar-refractivity contribution in [2.75, 3.05) is 0 Å². The Morgan fingerprint density at radius 1 is 1.26 bits per heavy atom. The van der Waals surface area contributed by atoms with Gasteiger partial charge in [-0.15, -0.1) is 0 Å². The molecule has 1 aromatic rings. The summed E-state index contributed by atoms with van der Waals surface area (Å²) in [5.74, 6) is -0.488. The molecule has 0 unspecified atom stereocenters. The number of hydrogen-bond donors (Lipinski definition) is 2. The highest BCUT2D eigenvalue weighted by atomic mass is 16.5. The van der Waals surface area contributed by atoms with Crippen LogP contribution >= 0.6 is 0 Å². The van der Waals surface area contributed by atoms with Gasteiger partial charge >= 0.3 is 12.0 Å². The second kappa shape index (κ2) is 7.76. The molecule has 0 aliphatic heterocycles. The molecule has 2 N–H and O–H groups in total. The van der Waals surface area contributed by atoms with Crippen LogP contribution in [0.3, 0.4) is 0 Å². The zero-order chi connectivity index (χ0) is 16.8. The highest BCUT2D eigenvalue weighted by molar-refractivity contribution is 5.93. The van der Waals surface area contributed by atoms with Crippen LogP contribution in [0.5, 0.6) is 0 Å². The normalized spacial score (nSPS) is 17.2. The number of amides is 2. The molecule has 2 rings (SSSR count). The van der Waals surface area contributed by atoms with Gasteiger partial charge < -0.3 is 15.4 Å². The van der Waals surface area contributed by atoms with Crippen LogP contribution in [0.1, 0.15) is 49.0 Å². The van der Waals surface area contributed by atoms with Crippen LogP contribution < -0.4 is 10.6 Å². The summed E-state index contributed by atoms with van der Waals surface area (Å²) in [6, 6.07) is 6.62. The van der Waals surface area contributed by atoms with Crippen molar-refractivity contribution in [3.05, 3.63) is 35.4 Å². The maximum atomic E-state index is 12.0. The molecule has 0 bridgehead atoms. The lowest BCUT2D eigenvalue weighted by Gasteiger charge is -2.11. The van der Waals surface area contributed by atoms with Crippen molar-refractivity contribution in [3.63, 3.8) is 0 Å². The van der Waals surface area contributed by atoms with E-state index >= 15 is 0 Å². The molecular weight excluding hydrogens is 296 g/mol. The minimum absolute atomic E-state index is 0.00432. The average Bonchev–Trinajstić information content (AvgIpc) is 2.90. The number of ketones is 1. The highest BCUT2D eigenvalue weighted by Crippen LogP contribution is 2.19. The van der Waals surface area contributed by atoms with E-state index in [-0.39, 0.29) is 17.9 Å². The van der Waals surface area contributed by atoms with E-state index in [0.29, 0.717) is 24.9 Å². The van der Waals surface area contributed by atoms with Gasteiger partial charge in [-0.2, -0.15) is 0 Å². The Morgan fingerprint density at radius 3 is 2.52 bits per heavy atom. The molecule has 2 amide bonds. The summed E-state index contributed by atoms with van der Waals surface area (Å²) in [5, 5.41) is 5.46. The molecule has 23 heavy (non-hydrogen) atoms. The third-order valence-corrected chi connectivity index (χ3v) is 3.56. The van der Waals surface area contributed by atoms with E-state index in [9.17, 15) is 14.4 Å². The average molecular weight is 318 g/mol. The minimum Gasteiger partial charge on any atom is -0.451 e. The van der Waals surface area contributed by atoms with Crippen LogP contribution in [0.4, 0.5) is 4.79 Å². The lowest BCUT2D eigenvalue weighted by Crippen LogP contribution is -2.39. The van der Waals surface area contributed by atoms with Crippen molar-refractivity contribution in [1.82, 2.24) is 10.6 Å². The van der Waals surface area contributed by atoms with E-state index < -0.39 is 12.1 Å². The molecule has 0 aromatic heterocycles. The molecule has 1 saturated carbocycles. The lowest BCUT2D eigenvalue weighted by atomic mass is 10.1. The molecule has 6 nitrogen and oxygen atoms in total. The number of nitrogens with one attached hydrogen (secondary N) is 2. The number of carbonyl (C=O) groups excluding carboxylic acids is 3. The number of ether oxygens (including phenoxy) is 1.